The van der Waals surface area contributed by atoms with Gasteiger partial charge in [0.05, 0.1) is 16.8 Å². The van der Waals surface area contributed by atoms with Gasteiger partial charge in [-0.15, -0.1) is 5.10 Å². The lowest BCUT2D eigenvalue weighted by Gasteiger charge is -2.42. The molecule has 6 rings (SSSR count). The number of aromatic nitrogens is 3. The first-order valence-corrected chi connectivity index (χ1v) is 17.6. The zero-order chi connectivity index (χ0) is 33.8. The number of piperidine rings is 2. The van der Waals surface area contributed by atoms with E-state index in [4.69, 9.17) is 22.1 Å². The van der Waals surface area contributed by atoms with Crippen molar-refractivity contribution in [2.45, 2.75) is 63.6 Å². The van der Waals surface area contributed by atoms with Crippen molar-refractivity contribution >= 4 is 29.3 Å². The third-order valence-corrected chi connectivity index (χ3v) is 10.5. The molecule has 13 heteroatoms. The van der Waals surface area contributed by atoms with Gasteiger partial charge >= 0.3 is 11.8 Å². The van der Waals surface area contributed by atoms with Crippen molar-refractivity contribution < 1.29 is 14.3 Å². The number of aryl methyl sites for hydroxylation is 1. The number of hydrogen-bond donors (Lipinski definition) is 2. The number of likely N-dealkylation sites (tertiary alicyclic amines) is 2. The zero-order valence-electron chi connectivity index (χ0n) is 27.9. The van der Waals surface area contributed by atoms with Crippen LogP contribution in [0.1, 0.15) is 49.8 Å². The fourth-order valence-electron chi connectivity index (χ4n) is 7.18. The molecule has 3 aromatic rings. The van der Waals surface area contributed by atoms with Gasteiger partial charge in [0.2, 0.25) is 0 Å². The van der Waals surface area contributed by atoms with Crippen molar-refractivity contribution in [3.63, 3.8) is 0 Å². The Kier molecular flexibility index (Phi) is 10.7. The Balaban J connectivity index is 1.11. The minimum atomic E-state index is -0.998. The summed E-state index contributed by atoms with van der Waals surface area (Å²) in [6.07, 6.45) is 2.25. The number of rotatable bonds is 8. The first-order valence-electron chi connectivity index (χ1n) is 17.2. The van der Waals surface area contributed by atoms with Crippen LogP contribution in [-0.2, 0) is 22.4 Å². The summed E-state index contributed by atoms with van der Waals surface area (Å²) in [5.74, 6) is 0.336. The number of nitrogens with two attached hydrogens (primary N) is 1. The molecule has 3 fully saturated rings. The SMILES string of the molecule is CCc1cc(C[C@@H](OC(=O)N2CCC(n3nc(-c4ccccc4)[nH]c3=O)CC2)C(=O)N2CCC(N3CCN(C)CC3)CC2)cc(Cl)c1N. The molecule has 1 aromatic heterocycles. The van der Waals surface area contributed by atoms with Crippen LogP contribution in [0.2, 0.25) is 5.02 Å². The molecule has 0 bridgehead atoms. The maximum atomic E-state index is 14.0. The number of piperazine rings is 1. The Morgan fingerprint density at radius 2 is 1.60 bits per heavy atom. The molecule has 2 amide bonds. The van der Waals surface area contributed by atoms with Crippen molar-refractivity contribution in [1.82, 2.24) is 34.4 Å². The van der Waals surface area contributed by atoms with Gasteiger partial charge in [0.25, 0.3) is 5.91 Å². The Morgan fingerprint density at radius 3 is 2.27 bits per heavy atom. The summed E-state index contributed by atoms with van der Waals surface area (Å²) in [5, 5.41) is 4.98. The van der Waals surface area contributed by atoms with Crippen LogP contribution < -0.4 is 11.4 Å². The highest BCUT2D eigenvalue weighted by Gasteiger charge is 2.35. The molecule has 12 nitrogen and oxygen atoms in total. The standard InChI is InChI=1S/C35H47ClN8O4/c1-3-25-21-24(22-29(36)31(25)37)23-30(33(45)42-13-9-27(10-14-42)41-19-17-40(2)18-20-41)48-35(47)43-15-11-28(12-16-43)44-34(46)38-32(39-44)26-7-5-4-6-8-26/h4-8,21-22,27-28,30H,3,9-20,23,37H2,1-2H3,(H,38,39,46)/t30-/m1/s1. The predicted molar refractivity (Wildman–Crippen MR) is 186 cm³/mol. The van der Waals surface area contributed by atoms with Crippen LogP contribution in [0.5, 0.6) is 0 Å². The van der Waals surface area contributed by atoms with Gasteiger partial charge in [-0.2, -0.15) is 0 Å². The van der Waals surface area contributed by atoms with Crippen molar-refractivity contribution in [3.05, 3.63) is 69.1 Å². The molecule has 48 heavy (non-hydrogen) atoms. The van der Waals surface area contributed by atoms with Gasteiger partial charge in [-0.1, -0.05) is 54.9 Å². The Hall–Kier alpha value is -3.87. The van der Waals surface area contributed by atoms with Gasteiger partial charge in [0, 0.05) is 70.4 Å². The number of carbonyl (C=O) groups excluding carboxylic acids is 2. The maximum absolute atomic E-state index is 14.0. The zero-order valence-corrected chi connectivity index (χ0v) is 28.7. The van der Waals surface area contributed by atoms with Crippen LogP contribution in [0.25, 0.3) is 11.4 Å². The fourth-order valence-corrected chi connectivity index (χ4v) is 7.44. The quantitative estimate of drug-likeness (QED) is 0.345. The summed E-state index contributed by atoms with van der Waals surface area (Å²) >= 11 is 6.47. The van der Waals surface area contributed by atoms with Crippen LogP contribution in [0, 0.1) is 0 Å². The third-order valence-electron chi connectivity index (χ3n) is 10.2. The van der Waals surface area contributed by atoms with E-state index < -0.39 is 12.2 Å². The Bertz CT molecular complexity index is 1620. The minimum absolute atomic E-state index is 0.154. The first kappa shape index (κ1) is 34.0. The molecule has 3 aliphatic rings. The number of amides is 2. The number of ether oxygens (including phenoxy) is 1. The van der Waals surface area contributed by atoms with Gasteiger partial charge < -0.3 is 25.2 Å². The number of carbonyl (C=O) groups is 2. The van der Waals surface area contributed by atoms with E-state index in [9.17, 15) is 14.4 Å². The summed E-state index contributed by atoms with van der Waals surface area (Å²) in [5.41, 5.74) is 8.98. The lowest BCUT2D eigenvalue weighted by atomic mass is 9.99. The van der Waals surface area contributed by atoms with Crippen LogP contribution in [-0.4, -0.2) is 118 Å². The largest absolute Gasteiger partial charge is 0.436 e. The molecular weight excluding hydrogens is 632 g/mol. The van der Waals surface area contributed by atoms with Crippen molar-refractivity contribution in [3.8, 4) is 11.4 Å². The second kappa shape index (κ2) is 15.1. The summed E-state index contributed by atoms with van der Waals surface area (Å²) in [6.45, 7) is 8.24. The second-order valence-corrected chi connectivity index (χ2v) is 13.7. The number of halogens is 1. The highest BCUT2D eigenvalue weighted by molar-refractivity contribution is 6.33. The topological polar surface area (TPSA) is 133 Å². The summed E-state index contributed by atoms with van der Waals surface area (Å²) in [4.78, 5) is 51.6. The molecule has 1 atom stereocenters. The number of hydrogen-bond acceptors (Lipinski definition) is 8. The molecular formula is C35H47ClN8O4. The molecule has 0 unspecified atom stereocenters. The normalized spacial score (nSPS) is 19.4. The molecule has 0 spiro atoms. The number of nitrogen functional groups attached to an aromatic ring is 1. The molecule has 3 N–H and O–H groups in total. The highest BCUT2D eigenvalue weighted by Crippen LogP contribution is 2.28. The minimum Gasteiger partial charge on any atom is -0.436 e. The lowest BCUT2D eigenvalue weighted by Crippen LogP contribution is -2.54. The van der Waals surface area contributed by atoms with Gasteiger partial charge in [-0.05, 0) is 56.3 Å². The van der Waals surface area contributed by atoms with Gasteiger partial charge in [0.1, 0.15) is 0 Å². The molecule has 2 aromatic carbocycles. The molecule has 0 aliphatic carbocycles. The number of anilines is 1. The van der Waals surface area contributed by atoms with Gasteiger partial charge in [-0.3, -0.25) is 14.7 Å². The van der Waals surface area contributed by atoms with Gasteiger partial charge in [-0.25, -0.2) is 14.3 Å². The Labute approximate surface area is 286 Å². The number of nitrogens with one attached hydrogen (secondary N) is 1. The van der Waals surface area contributed by atoms with Crippen LogP contribution in [0.4, 0.5) is 10.5 Å². The van der Waals surface area contributed by atoms with E-state index in [0.29, 0.717) is 68.0 Å². The van der Waals surface area contributed by atoms with E-state index in [1.165, 1.54) is 4.68 Å². The number of H-pyrrole nitrogens is 1. The average molecular weight is 679 g/mol. The fraction of sp³-hybridized carbons (Fsp3) is 0.543. The van der Waals surface area contributed by atoms with E-state index in [1.54, 1.807) is 11.0 Å². The molecule has 4 heterocycles. The highest BCUT2D eigenvalue weighted by atomic mass is 35.5. The molecule has 0 saturated carbocycles. The monoisotopic (exact) mass is 678 g/mol. The number of aromatic amines is 1. The summed E-state index contributed by atoms with van der Waals surface area (Å²) < 4.78 is 7.53. The van der Waals surface area contributed by atoms with E-state index in [1.807, 2.05) is 48.2 Å². The second-order valence-electron chi connectivity index (χ2n) is 13.3. The average Bonchev–Trinajstić information content (AvgIpc) is 3.51. The molecule has 3 aliphatic heterocycles. The third kappa shape index (κ3) is 7.71. The number of likely N-dealkylation sites (N-methyl/N-ethyl adjacent to an activating group) is 1. The number of nitrogens with zero attached hydrogens (tertiary/aromatic N) is 6. The molecule has 3 saturated heterocycles. The first-order chi connectivity index (χ1) is 23.2. The van der Waals surface area contributed by atoms with Crippen molar-refractivity contribution in [1.29, 1.82) is 0 Å². The van der Waals surface area contributed by atoms with Crippen molar-refractivity contribution in [2.75, 3.05) is 65.1 Å². The Morgan fingerprint density at radius 1 is 0.958 bits per heavy atom. The van der Waals surface area contributed by atoms with Gasteiger partial charge in [0.15, 0.2) is 11.9 Å². The van der Waals surface area contributed by atoms with E-state index in [0.717, 1.165) is 55.7 Å². The smallest absolute Gasteiger partial charge is 0.410 e. The summed E-state index contributed by atoms with van der Waals surface area (Å²) in [7, 11) is 2.15. The molecule has 258 valence electrons. The van der Waals surface area contributed by atoms with E-state index >= 15 is 0 Å². The van der Waals surface area contributed by atoms with Crippen LogP contribution >= 0.6 is 11.6 Å². The van der Waals surface area contributed by atoms with Crippen LogP contribution in [0.3, 0.4) is 0 Å². The van der Waals surface area contributed by atoms with Crippen LogP contribution in [0.15, 0.2) is 47.3 Å². The molecule has 0 radical (unpaired) electrons. The van der Waals surface area contributed by atoms with E-state index in [2.05, 4.69) is 26.9 Å². The van der Waals surface area contributed by atoms with E-state index in [-0.39, 0.29) is 24.1 Å². The lowest BCUT2D eigenvalue weighted by molar-refractivity contribution is -0.142. The summed E-state index contributed by atoms with van der Waals surface area (Å²) in [6, 6.07) is 13.5. The van der Waals surface area contributed by atoms with Crippen molar-refractivity contribution in [2.24, 2.45) is 0 Å². The number of benzene rings is 2. The maximum Gasteiger partial charge on any atom is 0.410 e. The predicted octanol–water partition coefficient (Wildman–Crippen LogP) is 3.66.